The molecule has 0 fully saturated rings. The van der Waals surface area contributed by atoms with Gasteiger partial charge in [-0.3, -0.25) is 0 Å². The van der Waals surface area contributed by atoms with E-state index in [-0.39, 0.29) is 11.9 Å². The molecular formula is C15H13Br2ClFN. The van der Waals surface area contributed by atoms with Crippen LogP contribution in [0.2, 0.25) is 5.02 Å². The van der Waals surface area contributed by atoms with Crippen molar-refractivity contribution >= 4 is 43.5 Å². The molecule has 2 aromatic rings. The van der Waals surface area contributed by atoms with Gasteiger partial charge in [0.05, 0.1) is 0 Å². The van der Waals surface area contributed by atoms with Crippen molar-refractivity contribution in [2.24, 2.45) is 0 Å². The Bertz CT molecular complexity index is 599. The summed E-state index contributed by atoms with van der Waals surface area (Å²) < 4.78 is 15.8. The lowest BCUT2D eigenvalue weighted by atomic mass is 9.99. The summed E-state index contributed by atoms with van der Waals surface area (Å²) in [5.41, 5.74) is 1.68. The average molecular weight is 422 g/mol. The van der Waals surface area contributed by atoms with Crippen molar-refractivity contribution in [3.63, 3.8) is 0 Å². The Morgan fingerprint density at radius 1 is 1.15 bits per heavy atom. The van der Waals surface area contributed by atoms with Crippen molar-refractivity contribution < 1.29 is 4.39 Å². The number of hydrogen-bond acceptors (Lipinski definition) is 1. The lowest BCUT2D eigenvalue weighted by molar-refractivity contribution is 0.554. The minimum Gasteiger partial charge on any atom is -0.313 e. The predicted octanol–water partition coefficient (Wildman–Crippen LogP) is 5.51. The van der Waals surface area contributed by atoms with E-state index in [0.717, 1.165) is 14.5 Å². The second kappa shape index (κ2) is 7.03. The second-order valence-corrected chi connectivity index (χ2v) is 6.75. The fourth-order valence-electron chi connectivity index (χ4n) is 2.08. The van der Waals surface area contributed by atoms with Gasteiger partial charge in [-0.05, 0) is 61.0 Å². The summed E-state index contributed by atoms with van der Waals surface area (Å²) >= 11 is 12.9. The highest BCUT2D eigenvalue weighted by atomic mass is 79.9. The maximum absolute atomic E-state index is 13.8. The van der Waals surface area contributed by atoms with E-state index in [2.05, 4.69) is 37.2 Å². The van der Waals surface area contributed by atoms with Crippen LogP contribution in [0.25, 0.3) is 0 Å². The first-order chi connectivity index (χ1) is 9.49. The Balaban J connectivity index is 2.30. The molecule has 20 heavy (non-hydrogen) atoms. The molecule has 0 aromatic heterocycles. The predicted molar refractivity (Wildman–Crippen MR) is 88.8 cm³/mol. The fourth-order valence-corrected chi connectivity index (χ4v) is 3.61. The van der Waals surface area contributed by atoms with Gasteiger partial charge in [0.15, 0.2) is 0 Å². The van der Waals surface area contributed by atoms with Crippen LogP contribution in [0.4, 0.5) is 4.39 Å². The molecule has 106 valence electrons. The fraction of sp³-hybridized carbons (Fsp3) is 0.200. The molecule has 0 amide bonds. The zero-order chi connectivity index (χ0) is 14.7. The highest BCUT2D eigenvalue weighted by Crippen LogP contribution is 2.27. The standard InChI is InChI=1S/C15H13Br2ClFN/c1-20-15(10-4-11(16)8-12(17)5-10)7-9-6-13(18)2-3-14(9)19/h2-6,8,15,20H,7H2,1H3. The van der Waals surface area contributed by atoms with E-state index in [0.29, 0.717) is 17.0 Å². The zero-order valence-corrected chi connectivity index (χ0v) is 14.7. The van der Waals surface area contributed by atoms with E-state index in [9.17, 15) is 4.39 Å². The first-order valence-electron chi connectivity index (χ1n) is 6.07. The van der Waals surface area contributed by atoms with Crippen LogP contribution in [-0.2, 0) is 6.42 Å². The van der Waals surface area contributed by atoms with Crippen molar-refractivity contribution in [3.05, 3.63) is 67.3 Å². The normalized spacial score (nSPS) is 12.4. The van der Waals surface area contributed by atoms with Crippen LogP contribution in [0.3, 0.4) is 0 Å². The van der Waals surface area contributed by atoms with Crippen LogP contribution in [0.15, 0.2) is 45.3 Å². The zero-order valence-electron chi connectivity index (χ0n) is 10.8. The third-order valence-electron chi connectivity index (χ3n) is 3.07. The summed E-state index contributed by atoms with van der Waals surface area (Å²) in [5.74, 6) is -0.233. The maximum atomic E-state index is 13.8. The van der Waals surface area contributed by atoms with Crippen LogP contribution in [0, 0.1) is 5.82 Å². The van der Waals surface area contributed by atoms with Crippen molar-refractivity contribution in [2.75, 3.05) is 7.05 Å². The van der Waals surface area contributed by atoms with E-state index in [1.165, 1.54) is 6.07 Å². The van der Waals surface area contributed by atoms with Gasteiger partial charge in [0, 0.05) is 20.0 Å². The van der Waals surface area contributed by atoms with Gasteiger partial charge < -0.3 is 5.32 Å². The number of halogens is 4. The van der Waals surface area contributed by atoms with Crippen LogP contribution >= 0.6 is 43.5 Å². The summed E-state index contributed by atoms with van der Waals surface area (Å²) in [5, 5.41) is 3.76. The molecule has 0 heterocycles. The van der Waals surface area contributed by atoms with Gasteiger partial charge in [-0.1, -0.05) is 43.5 Å². The molecular weight excluding hydrogens is 408 g/mol. The van der Waals surface area contributed by atoms with Crippen molar-refractivity contribution in [1.82, 2.24) is 5.32 Å². The minimum absolute atomic E-state index is 0.0109. The molecule has 5 heteroatoms. The molecule has 0 saturated heterocycles. The smallest absolute Gasteiger partial charge is 0.126 e. The molecule has 0 aliphatic rings. The second-order valence-electron chi connectivity index (χ2n) is 4.48. The van der Waals surface area contributed by atoms with E-state index >= 15 is 0 Å². The van der Waals surface area contributed by atoms with Gasteiger partial charge in [-0.15, -0.1) is 0 Å². The molecule has 2 aromatic carbocycles. The number of rotatable bonds is 4. The van der Waals surface area contributed by atoms with Crippen molar-refractivity contribution in [3.8, 4) is 0 Å². The molecule has 1 atom stereocenters. The van der Waals surface area contributed by atoms with E-state index < -0.39 is 0 Å². The van der Waals surface area contributed by atoms with Gasteiger partial charge in [0.1, 0.15) is 5.82 Å². The van der Waals surface area contributed by atoms with Crippen LogP contribution in [0.5, 0.6) is 0 Å². The molecule has 0 aliphatic heterocycles. The number of nitrogens with one attached hydrogen (secondary N) is 1. The largest absolute Gasteiger partial charge is 0.313 e. The lowest BCUT2D eigenvalue weighted by Gasteiger charge is -2.18. The summed E-state index contributed by atoms with van der Waals surface area (Å²) in [6, 6.07) is 10.7. The molecule has 1 unspecified atom stereocenters. The molecule has 1 N–H and O–H groups in total. The molecule has 0 bridgehead atoms. The first kappa shape index (κ1) is 16.0. The number of benzene rings is 2. The summed E-state index contributed by atoms with van der Waals surface area (Å²) in [4.78, 5) is 0. The monoisotopic (exact) mass is 419 g/mol. The highest BCUT2D eigenvalue weighted by Gasteiger charge is 2.14. The molecule has 0 radical (unpaired) electrons. The SMILES string of the molecule is CNC(Cc1cc(Cl)ccc1F)c1cc(Br)cc(Br)c1. The maximum Gasteiger partial charge on any atom is 0.126 e. The summed E-state index contributed by atoms with van der Waals surface area (Å²) in [7, 11) is 1.86. The Labute approximate surface area is 139 Å². The number of hydrogen-bond donors (Lipinski definition) is 1. The summed E-state index contributed by atoms with van der Waals surface area (Å²) in [6.07, 6.45) is 0.534. The van der Waals surface area contributed by atoms with Crippen molar-refractivity contribution in [1.29, 1.82) is 0 Å². The minimum atomic E-state index is -0.233. The first-order valence-corrected chi connectivity index (χ1v) is 8.03. The Hall–Kier alpha value is -0.420. The topological polar surface area (TPSA) is 12.0 Å². The lowest BCUT2D eigenvalue weighted by Crippen LogP contribution is -2.19. The highest BCUT2D eigenvalue weighted by molar-refractivity contribution is 9.11. The van der Waals surface area contributed by atoms with Crippen LogP contribution in [-0.4, -0.2) is 7.05 Å². The third kappa shape index (κ3) is 4.04. The van der Waals surface area contributed by atoms with E-state index in [1.807, 2.05) is 25.2 Å². The van der Waals surface area contributed by atoms with E-state index in [4.69, 9.17) is 11.6 Å². The Kier molecular flexibility index (Phi) is 5.61. The van der Waals surface area contributed by atoms with Crippen LogP contribution < -0.4 is 5.32 Å². The molecule has 1 nitrogen and oxygen atoms in total. The van der Waals surface area contributed by atoms with Gasteiger partial charge in [-0.2, -0.15) is 0 Å². The van der Waals surface area contributed by atoms with Gasteiger partial charge >= 0.3 is 0 Å². The van der Waals surface area contributed by atoms with Gasteiger partial charge in [-0.25, -0.2) is 4.39 Å². The van der Waals surface area contributed by atoms with Gasteiger partial charge in [0.25, 0.3) is 0 Å². The van der Waals surface area contributed by atoms with E-state index in [1.54, 1.807) is 12.1 Å². The molecule has 2 rings (SSSR count). The third-order valence-corrected chi connectivity index (χ3v) is 4.22. The quantitative estimate of drug-likeness (QED) is 0.687. The number of likely N-dealkylation sites (N-methyl/N-ethyl adjacent to an activating group) is 1. The Morgan fingerprint density at radius 3 is 2.40 bits per heavy atom. The Morgan fingerprint density at radius 2 is 1.80 bits per heavy atom. The van der Waals surface area contributed by atoms with Crippen LogP contribution in [0.1, 0.15) is 17.2 Å². The summed E-state index contributed by atoms with van der Waals surface area (Å²) in [6.45, 7) is 0. The molecule has 0 spiro atoms. The van der Waals surface area contributed by atoms with Gasteiger partial charge in [0.2, 0.25) is 0 Å². The van der Waals surface area contributed by atoms with Crippen molar-refractivity contribution in [2.45, 2.75) is 12.5 Å². The average Bonchev–Trinajstić information content (AvgIpc) is 2.38. The molecule has 0 saturated carbocycles. The molecule has 0 aliphatic carbocycles.